The Kier molecular flexibility index (Phi) is 6.50. The summed E-state index contributed by atoms with van der Waals surface area (Å²) in [4.78, 5) is 23.9. The van der Waals surface area contributed by atoms with Gasteiger partial charge in [0.2, 0.25) is 0 Å². The number of rotatable bonds is 5. The first-order valence-corrected chi connectivity index (χ1v) is 7.23. The highest BCUT2D eigenvalue weighted by atomic mass is 19.1. The average Bonchev–Trinajstić information content (AvgIpc) is 2.43. The van der Waals surface area contributed by atoms with Gasteiger partial charge in [-0.15, -0.1) is 0 Å². The number of benzene rings is 1. The predicted octanol–water partition coefficient (Wildman–Crippen LogP) is 2.32. The average molecular weight is 327 g/mol. The molecule has 1 rings (SSSR count). The normalized spacial score (nSPS) is 13.8. The standard InChI is InChI=1S/C16H22FNO5/c1-5-22-14(20)12(18-15(21)23-16(2,3)4)13(19)10-6-8-11(17)9-7-10/h6-9,12-13,19H,5H2,1-4H3,(H,18,21)/t12-,13+/m1/s1. The van der Waals surface area contributed by atoms with Gasteiger partial charge in [0, 0.05) is 0 Å². The van der Waals surface area contributed by atoms with E-state index >= 15 is 0 Å². The van der Waals surface area contributed by atoms with Crippen LogP contribution >= 0.6 is 0 Å². The van der Waals surface area contributed by atoms with Crippen molar-refractivity contribution in [2.75, 3.05) is 6.61 Å². The molecule has 0 unspecified atom stereocenters. The Morgan fingerprint density at radius 1 is 1.26 bits per heavy atom. The molecular formula is C16H22FNO5. The number of alkyl carbamates (subject to hydrolysis) is 1. The number of hydrogen-bond acceptors (Lipinski definition) is 5. The third kappa shape index (κ3) is 6.23. The topological polar surface area (TPSA) is 84.9 Å². The van der Waals surface area contributed by atoms with Gasteiger partial charge < -0.3 is 19.9 Å². The number of aliphatic hydroxyl groups excluding tert-OH is 1. The Hall–Kier alpha value is -2.15. The third-order valence-electron chi connectivity index (χ3n) is 2.74. The maximum atomic E-state index is 13.0. The summed E-state index contributed by atoms with van der Waals surface area (Å²) >= 11 is 0. The molecule has 0 radical (unpaired) electrons. The van der Waals surface area contributed by atoms with Gasteiger partial charge in [-0.3, -0.25) is 0 Å². The van der Waals surface area contributed by atoms with Crippen LogP contribution in [0.2, 0.25) is 0 Å². The van der Waals surface area contributed by atoms with Crippen LogP contribution < -0.4 is 5.32 Å². The van der Waals surface area contributed by atoms with Crippen LogP contribution in [-0.2, 0) is 14.3 Å². The van der Waals surface area contributed by atoms with Gasteiger partial charge in [-0.1, -0.05) is 12.1 Å². The summed E-state index contributed by atoms with van der Waals surface area (Å²) in [6.45, 7) is 6.70. The van der Waals surface area contributed by atoms with Gasteiger partial charge in [-0.05, 0) is 45.4 Å². The molecule has 0 bridgehead atoms. The first-order chi connectivity index (χ1) is 10.6. The number of ether oxygens (including phenoxy) is 2. The third-order valence-corrected chi connectivity index (χ3v) is 2.74. The van der Waals surface area contributed by atoms with Crippen LogP contribution in [0.25, 0.3) is 0 Å². The number of amides is 1. The molecule has 1 aromatic rings. The summed E-state index contributed by atoms with van der Waals surface area (Å²) in [6.07, 6.45) is -2.26. The maximum absolute atomic E-state index is 13.0. The lowest BCUT2D eigenvalue weighted by Gasteiger charge is -2.25. The van der Waals surface area contributed by atoms with E-state index in [0.717, 1.165) is 12.1 Å². The Bertz CT molecular complexity index is 538. The maximum Gasteiger partial charge on any atom is 0.408 e. The zero-order valence-corrected chi connectivity index (χ0v) is 13.6. The minimum atomic E-state index is -1.40. The van der Waals surface area contributed by atoms with E-state index in [-0.39, 0.29) is 12.2 Å². The Labute approximate surface area is 134 Å². The second kappa shape index (κ2) is 7.92. The quantitative estimate of drug-likeness (QED) is 0.811. The number of hydrogen-bond donors (Lipinski definition) is 2. The minimum Gasteiger partial charge on any atom is -0.464 e. The van der Waals surface area contributed by atoms with Gasteiger partial charge in [-0.25, -0.2) is 14.0 Å². The fourth-order valence-corrected chi connectivity index (χ4v) is 1.79. The van der Waals surface area contributed by atoms with Crippen LogP contribution in [0.3, 0.4) is 0 Å². The minimum absolute atomic E-state index is 0.0848. The van der Waals surface area contributed by atoms with Crippen molar-refractivity contribution in [2.45, 2.75) is 45.4 Å². The fourth-order valence-electron chi connectivity index (χ4n) is 1.79. The van der Waals surface area contributed by atoms with Crippen LogP contribution in [-0.4, -0.2) is 35.4 Å². The Morgan fingerprint density at radius 3 is 2.30 bits per heavy atom. The summed E-state index contributed by atoms with van der Waals surface area (Å²) < 4.78 is 22.9. The molecule has 0 aliphatic rings. The second-order valence-corrected chi connectivity index (χ2v) is 5.87. The summed E-state index contributed by atoms with van der Waals surface area (Å²) in [7, 11) is 0. The SMILES string of the molecule is CCOC(=O)[C@H](NC(=O)OC(C)(C)C)[C@@H](O)c1ccc(F)cc1. The van der Waals surface area contributed by atoms with E-state index in [4.69, 9.17) is 9.47 Å². The predicted molar refractivity (Wildman–Crippen MR) is 81.2 cm³/mol. The molecule has 23 heavy (non-hydrogen) atoms. The van der Waals surface area contributed by atoms with Gasteiger partial charge in [0.1, 0.15) is 17.5 Å². The van der Waals surface area contributed by atoms with Crippen LogP contribution in [0.1, 0.15) is 39.4 Å². The summed E-state index contributed by atoms with van der Waals surface area (Å²) in [5.41, 5.74) is -0.495. The number of nitrogens with one attached hydrogen (secondary N) is 1. The van der Waals surface area contributed by atoms with E-state index in [2.05, 4.69) is 5.32 Å². The number of halogens is 1. The highest BCUT2D eigenvalue weighted by molar-refractivity contribution is 5.82. The molecule has 0 aliphatic heterocycles. The second-order valence-electron chi connectivity index (χ2n) is 5.87. The Balaban J connectivity index is 2.93. The molecule has 0 aromatic heterocycles. The fraction of sp³-hybridized carbons (Fsp3) is 0.500. The zero-order chi connectivity index (χ0) is 17.6. The lowest BCUT2D eigenvalue weighted by atomic mass is 10.0. The van der Waals surface area contributed by atoms with Crippen molar-refractivity contribution in [1.82, 2.24) is 5.32 Å². The van der Waals surface area contributed by atoms with E-state index in [1.54, 1.807) is 27.7 Å². The number of carbonyl (C=O) groups excluding carboxylic acids is 2. The molecule has 2 N–H and O–H groups in total. The first-order valence-electron chi connectivity index (χ1n) is 7.23. The van der Waals surface area contributed by atoms with E-state index in [9.17, 15) is 19.1 Å². The highest BCUT2D eigenvalue weighted by Crippen LogP contribution is 2.19. The molecule has 2 atom stereocenters. The monoisotopic (exact) mass is 327 g/mol. The van der Waals surface area contributed by atoms with Gasteiger partial charge in [-0.2, -0.15) is 0 Å². The van der Waals surface area contributed by atoms with Crippen molar-refractivity contribution in [3.05, 3.63) is 35.6 Å². The lowest BCUT2D eigenvalue weighted by molar-refractivity contribution is -0.148. The van der Waals surface area contributed by atoms with Crippen LogP contribution in [0.15, 0.2) is 24.3 Å². The van der Waals surface area contributed by atoms with Gasteiger partial charge in [0.05, 0.1) is 6.61 Å². The molecule has 0 heterocycles. The molecule has 1 aromatic carbocycles. The summed E-state index contributed by atoms with van der Waals surface area (Å²) in [5, 5.41) is 12.6. The highest BCUT2D eigenvalue weighted by Gasteiger charge is 2.32. The van der Waals surface area contributed by atoms with Crippen molar-refractivity contribution >= 4 is 12.1 Å². The molecule has 0 saturated heterocycles. The number of carbonyl (C=O) groups is 2. The van der Waals surface area contributed by atoms with Gasteiger partial charge in [0.25, 0.3) is 0 Å². The van der Waals surface area contributed by atoms with Crippen molar-refractivity contribution < 1.29 is 28.6 Å². The van der Waals surface area contributed by atoms with Crippen LogP contribution in [0, 0.1) is 5.82 Å². The molecule has 0 fully saturated rings. The van der Waals surface area contributed by atoms with E-state index < -0.39 is 35.6 Å². The number of aliphatic hydroxyl groups is 1. The van der Waals surface area contributed by atoms with Crippen molar-refractivity contribution in [3.8, 4) is 0 Å². The van der Waals surface area contributed by atoms with Crippen LogP contribution in [0.4, 0.5) is 9.18 Å². The zero-order valence-electron chi connectivity index (χ0n) is 13.6. The largest absolute Gasteiger partial charge is 0.464 e. The van der Waals surface area contributed by atoms with E-state index in [1.807, 2.05) is 0 Å². The number of esters is 1. The molecule has 6 nitrogen and oxygen atoms in total. The summed E-state index contributed by atoms with van der Waals surface area (Å²) in [5.74, 6) is -1.29. The van der Waals surface area contributed by atoms with Gasteiger partial charge in [0.15, 0.2) is 6.04 Å². The smallest absolute Gasteiger partial charge is 0.408 e. The molecule has 1 amide bonds. The van der Waals surface area contributed by atoms with E-state index in [1.165, 1.54) is 12.1 Å². The molecule has 0 saturated carbocycles. The molecule has 128 valence electrons. The van der Waals surface area contributed by atoms with Crippen molar-refractivity contribution in [3.63, 3.8) is 0 Å². The molecule has 0 spiro atoms. The molecule has 7 heteroatoms. The summed E-state index contributed by atoms with van der Waals surface area (Å²) in [6, 6.07) is 3.57. The van der Waals surface area contributed by atoms with Crippen molar-refractivity contribution in [1.29, 1.82) is 0 Å². The van der Waals surface area contributed by atoms with Crippen LogP contribution in [0.5, 0.6) is 0 Å². The molecular weight excluding hydrogens is 305 g/mol. The van der Waals surface area contributed by atoms with Gasteiger partial charge >= 0.3 is 12.1 Å². The van der Waals surface area contributed by atoms with E-state index in [0.29, 0.717) is 0 Å². The lowest BCUT2D eigenvalue weighted by Crippen LogP contribution is -2.47. The Morgan fingerprint density at radius 2 is 1.83 bits per heavy atom. The van der Waals surface area contributed by atoms with Crippen molar-refractivity contribution in [2.24, 2.45) is 0 Å². The first kappa shape index (κ1) is 18.9. The molecule has 0 aliphatic carbocycles.